The lowest BCUT2D eigenvalue weighted by Gasteiger charge is -2.21. The molecule has 1 aliphatic carbocycles. The number of nitrogens with zero attached hydrogens (tertiary/aromatic N) is 2. The second-order valence-electron chi connectivity index (χ2n) is 5.51. The maximum absolute atomic E-state index is 6.00. The molecule has 1 fully saturated rings. The Morgan fingerprint density at radius 2 is 2.20 bits per heavy atom. The minimum absolute atomic E-state index is 0.756. The zero-order valence-electron chi connectivity index (χ0n) is 11.9. The van der Waals surface area contributed by atoms with E-state index in [4.69, 9.17) is 10.5 Å². The molecule has 0 bridgehead atoms. The molecule has 0 spiro atoms. The number of pyridine rings is 1. The van der Waals surface area contributed by atoms with E-state index in [0.29, 0.717) is 0 Å². The Morgan fingerprint density at radius 1 is 1.35 bits per heavy atom. The van der Waals surface area contributed by atoms with Crippen molar-refractivity contribution in [2.24, 2.45) is 5.92 Å². The van der Waals surface area contributed by atoms with Crippen LogP contribution in [0, 0.1) is 5.92 Å². The smallest absolute Gasteiger partial charge is 0.0955 e. The summed E-state index contributed by atoms with van der Waals surface area (Å²) in [6.45, 7) is 2.53. The second kappa shape index (κ2) is 5.67. The fourth-order valence-corrected chi connectivity index (χ4v) is 2.34. The number of hydrogen-bond acceptors (Lipinski definition) is 4. The van der Waals surface area contributed by atoms with Gasteiger partial charge in [-0.25, -0.2) is 0 Å². The number of benzene rings is 1. The molecule has 2 N–H and O–H groups in total. The predicted octanol–water partition coefficient (Wildman–Crippen LogP) is 2.68. The van der Waals surface area contributed by atoms with Gasteiger partial charge < -0.3 is 15.4 Å². The molecule has 3 rings (SSSR count). The SMILES string of the molecule is CN(CCOCC1CC1)c1ccc(N)c2cccnc12. The van der Waals surface area contributed by atoms with Crippen molar-refractivity contribution in [3.8, 4) is 0 Å². The molecule has 0 saturated heterocycles. The average Bonchev–Trinajstić information content (AvgIpc) is 3.28. The van der Waals surface area contributed by atoms with Crippen LogP contribution in [0.2, 0.25) is 0 Å². The van der Waals surface area contributed by atoms with Gasteiger partial charge in [-0.1, -0.05) is 0 Å². The first-order valence-corrected chi connectivity index (χ1v) is 7.18. The van der Waals surface area contributed by atoms with E-state index < -0.39 is 0 Å². The van der Waals surface area contributed by atoms with Gasteiger partial charge in [0.15, 0.2) is 0 Å². The Bertz CT molecular complexity index is 595. The van der Waals surface area contributed by atoms with Crippen LogP contribution in [0.15, 0.2) is 30.5 Å². The lowest BCUT2D eigenvalue weighted by atomic mass is 10.1. The van der Waals surface area contributed by atoms with Crippen molar-refractivity contribution < 1.29 is 4.74 Å². The molecular formula is C16H21N3O. The van der Waals surface area contributed by atoms with Crippen LogP contribution >= 0.6 is 0 Å². The second-order valence-corrected chi connectivity index (χ2v) is 5.51. The molecule has 1 heterocycles. The van der Waals surface area contributed by atoms with Gasteiger partial charge in [0.2, 0.25) is 0 Å². The molecule has 106 valence electrons. The summed E-state index contributed by atoms with van der Waals surface area (Å²) < 4.78 is 5.70. The first kappa shape index (κ1) is 13.2. The Labute approximate surface area is 119 Å². The van der Waals surface area contributed by atoms with Crippen LogP contribution in [0.5, 0.6) is 0 Å². The lowest BCUT2D eigenvalue weighted by molar-refractivity contribution is 0.131. The van der Waals surface area contributed by atoms with Crippen molar-refractivity contribution >= 4 is 22.3 Å². The minimum atomic E-state index is 0.756. The first-order chi connectivity index (χ1) is 9.75. The van der Waals surface area contributed by atoms with E-state index in [1.54, 1.807) is 0 Å². The van der Waals surface area contributed by atoms with Crippen LogP contribution in [0.25, 0.3) is 10.9 Å². The van der Waals surface area contributed by atoms with Gasteiger partial charge in [-0.15, -0.1) is 0 Å². The Kier molecular flexibility index (Phi) is 3.74. The van der Waals surface area contributed by atoms with Crippen LogP contribution in [0.1, 0.15) is 12.8 Å². The molecule has 4 nitrogen and oxygen atoms in total. The van der Waals surface area contributed by atoms with Crippen LogP contribution in [-0.2, 0) is 4.74 Å². The molecule has 4 heteroatoms. The van der Waals surface area contributed by atoms with E-state index in [-0.39, 0.29) is 0 Å². The summed E-state index contributed by atoms with van der Waals surface area (Å²) in [5, 5.41) is 1.01. The standard InChI is InChI=1S/C16H21N3O/c1-19(9-10-20-11-12-4-5-12)15-7-6-14(17)13-3-2-8-18-16(13)15/h2-3,6-8,12H,4-5,9-11,17H2,1H3. The molecule has 0 unspecified atom stereocenters. The van der Waals surface area contributed by atoms with Crippen molar-refractivity contribution in [1.82, 2.24) is 4.98 Å². The van der Waals surface area contributed by atoms with Crippen molar-refractivity contribution in [3.63, 3.8) is 0 Å². The predicted molar refractivity (Wildman–Crippen MR) is 83.0 cm³/mol. The summed E-state index contributed by atoms with van der Waals surface area (Å²) in [7, 11) is 2.07. The van der Waals surface area contributed by atoms with E-state index in [2.05, 4.69) is 16.9 Å². The van der Waals surface area contributed by atoms with E-state index in [9.17, 15) is 0 Å². The number of nitrogen functional groups attached to an aromatic ring is 1. The number of ether oxygens (including phenoxy) is 1. The monoisotopic (exact) mass is 271 g/mol. The number of anilines is 2. The van der Waals surface area contributed by atoms with Crippen molar-refractivity contribution in [1.29, 1.82) is 0 Å². The molecule has 1 aromatic carbocycles. The van der Waals surface area contributed by atoms with Gasteiger partial charge in [-0.05, 0) is 43.0 Å². The fraction of sp³-hybridized carbons (Fsp3) is 0.438. The zero-order valence-corrected chi connectivity index (χ0v) is 11.9. The van der Waals surface area contributed by atoms with Gasteiger partial charge in [-0.2, -0.15) is 0 Å². The van der Waals surface area contributed by atoms with E-state index >= 15 is 0 Å². The molecule has 1 aliphatic rings. The van der Waals surface area contributed by atoms with Gasteiger partial charge in [0.1, 0.15) is 0 Å². The van der Waals surface area contributed by atoms with Gasteiger partial charge >= 0.3 is 0 Å². The average molecular weight is 271 g/mol. The van der Waals surface area contributed by atoms with Crippen LogP contribution < -0.4 is 10.6 Å². The molecule has 20 heavy (non-hydrogen) atoms. The number of aromatic nitrogens is 1. The largest absolute Gasteiger partial charge is 0.398 e. The minimum Gasteiger partial charge on any atom is -0.398 e. The van der Waals surface area contributed by atoms with Gasteiger partial charge in [-0.3, -0.25) is 4.98 Å². The number of nitrogens with two attached hydrogens (primary N) is 1. The Hall–Kier alpha value is -1.81. The number of hydrogen-bond donors (Lipinski definition) is 1. The normalized spacial score (nSPS) is 14.7. The summed E-state index contributed by atoms with van der Waals surface area (Å²) in [5.41, 5.74) is 8.83. The molecule has 0 atom stereocenters. The zero-order chi connectivity index (χ0) is 13.9. The summed E-state index contributed by atoms with van der Waals surface area (Å²) in [4.78, 5) is 6.65. The number of likely N-dealkylation sites (N-methyl/N-ethyl adjacent to an activating group) is 1. The highest BCUT2D eigenvalue weighted by molar-refractivity contribution is 5.98. The highest BCUT2D eigenvalue weighted by atomic mass is 16.5. The van der Waals surface area contributed by atoms with Crippen LogP contribution in [0.3, 0.4) is 0 Å². The van der Waals surface area contributed by atoms with Crippen LogP contribution in [-0.4, -0.2) is 31.8 Å². The molecule has 0 aliphatic heterocycles. The lowest BCUT2D eigenvalue weighted by Crippen LogP contribution is -2.23. The third kappa shape index (κ3) is 2.85. The number of rotatable bonds is 6. The fourth-order valence-electron chi connectivity index (χ4n) is 2.34. The summed E-state index contributed by atoms with van der Waals surface area (Å²) in [6, 6.07) is 7.91. The van der Waals surface area contributed by atoms with Gasteiger partial charge in [0.05, 0.1) is 17.8 Å². The third-order valence-corrected chi connectivity index (χ3v) is 3.81. The van der Waals surface area contributed by atoms with Crippen LogP contribution in [0.4, 0.5) is 11.4 Å². The molecule has 2 aromatic rings. The van der Waals surface area contributed by atoms with E-state index in [1.165, 1.54) is 12.8 Å². The topological polar surface area (TPSA) is 51.4 Å². The van der Waals surface area contributed by atoms with E-state index in [0.717, 1.165) is 48.0 Å². The molecule has 1 saturated carbocycles. The maximum atomic E-state index is 6.00. The first-order valence-electron chi connectivity index (χ1n) is 7.18. The molecule has 1 aromatic heterocycles. The van der Waals surface area contributed by atoms with Crippen molar-refractivity contribution in [2.45, 2.75) is 12.8 Å². The van der Waals surface area contributed by atoms with Gasteiger partial charge in [0, 0.05) is 37.5 Å². The number of fused-ring (bicyclic) bond motifs is 1. The quantitative estimate of drug-likeness (QED) is 0.648. The third-order valence-electron chi connectivity index (χ3n) is 3.81. The molecular weight excluding hydrogens is 250 g/mol. The molecule has 0 amide bonds. The maximum Gasteiger partial charge on any atom is 0.0955 e. The van der Waals surface area contributed by atoms with E-state index in [1.807, 2.05) is 30.5 Å². The summed E-state index contributed by atoms with van der Waals surface area (Å²) >= 11 is 0. The Balaban J connectivity index is 1.70. The molecule has 0 radical (unpaired) electrons. The van der Waals surface area contributed by atoms with Gasteiger partial charge in [0.25, 0.3) is 0 Å². The summed E-state index contributed by atoms with van der Waals surface area (Å²) in [6.07, 6.45) is 4.48. The highest BCUT2D eigenvalue weighted by Gasteiger charge is 2.21. The highest BCUT2D eigenvalue weighted by Crippen LogP contribution is 2.29. The van der Waals surface area contributed by atoms with Crippen molar-refractivity contribution in [3.05, 3.63) is 30.5 Å². The summed E-state index contributed by atoms with van der Waals surface area (Å²) in [5.74, 6) is 0.819. The van der Waals surface area contributed by atoms with Crippen molar-refractivity contribution in [2.75, 3.05) is 37.4 Å². The Morgan fingerprint density at radius 3 is 3.00 bits per heavy atom.